The number of anilines is 1. The van der Waals surface area contributed by atoms with E-state index in [0.717, 1.165) is 30.2 Å². The van der Waals surface area contributed by atoms with Gasteiger partial charge in [0.1, 0.15) is 5.75 Å². The van der Waals surface area contributed by atoms with Gasteiger partial charge in [0.05, 0.1) is 0 Å². The molecule has 3 rings (SSSR count). The van der Waals surface area contributed by atoms with Crippen molar-refractivity contribution in [3.05, 3.63) is 47.8 Å². The largest absolute Gasteiger partial charge is 0.435 e. The molecule has 0 amide bonds. The van der Waals surface area contributed by atoms with Crippen molar-refractivity contribution in [2.45, 2.75) is 32.5 Å². The van der Waals surface area contributed by atoms with Crippen molar-refractivity contribution < 1.29 is 13.5 Å². The SMILES string of the molecule is FC(F)Oc1cccc(CNCc2cnc(N3CCCC3)nc2)c1. The molecule has 7 heteroatoms. The van der Waals surface area contributed by atoms with Crippen LogP contribution in [0.1, 0.15) is 24.0 Å². The van der Waals surface area contributed by atoms with E-state index in [9.17, 15) is 8.78 Å². The van der Waals surface area contributed by atoms with Crippen LogP contribution in [0.25, 0.3) is 0 Å². The molecule has 1 N–H and O–H groups in total. The van der Waals surface area contributed by atoms with Crippen molar-refractivity contribution >= 4 is 5.95 Å². The van der Waals surface area contributed by atoms with Crippen LogP contribution >= 0.6 is 0 Å². The number of benzene rings is 1. The van der Waals surface area contributed by atoms with E-state index in [1.165, 1.54) is 18.9 Å². The van der Waals surface area contributed by atoms with Crippen LogP contribution in [0.3, 0.4) is 0 Å². The minimum atomic E-state index is -2.81. The van der Waals surface area contributed by atoms with E-state index in [4.69, 9.17) is 0 Å². The van der Waals surface area contributed by atoms with Gasteiger partial charge in [0.25, 0.3) is 0 Å². The van der Waals surface area contributed by atoms with Gasteiger partial charge in [0, 0.05) is 44.1 Å². The Bertz CT molecular complexity index is 645. The zero-order chi connectivity index (χ0) is 16.8. The van der Waals surface area contributed by atoms with Crippen LogP contribution in [0.5, 0.6) is 5.75 Å². The van der Waals surface area contributed by atoms with Gasteiger partial charge in [-0.25, -0.2) is 9.97 Å². The number of halogens is 2. The lowest BCUT2D eigenvalue weighted by molar-refractivity contribution is -0.0498. The lowest BCUT2D eigenvalue weighted by Crippen LogP contribution is -2.20. The van der Waals surface area contributed by atoms with Gasteiger partial charge in [-0.3, -0.25) is 0 Å². The first-order valence-electron chi connectivity index (χ1n) is 8.01. The van der Waals surface area contributed by atoms with E-state index in [0.29, 0.717) is 13.1 Å². The summed E-state index contributed by atoms with van der Waals surface area (Å²) in [4.78, 5) is 11.0. The highest BCUT2D eigenvalue weighted by Gasteiger charge is 2.14. The highest BCUT2D eigenvalue weighted by Crippen LogP contribution is 2.16. The molecule has 1 aromatic heterocycles. The number of ether oxygens (including phenoxy) is 1. The molecule has 24 heavy (non-hydrogen) atoms. The van der Waals surface area contributed by atoms with Gasteiger partial charge in [-0.15, -0.1) is 0 Å². The van der Waals surface area contributed by atoms with Crippen molar-refractivity contribution in [2.75, 3.05) is 18.0 Å². The number of hydrogen-bond acceptors (Lipinski definition) is 5. The Labute approximate surface area is 139 Å². The number of nitrogens with zero attached hydrogens (tertiary/aromatic N) is 3. The van der Waals surface area contributed by atoms with Gasteiger partial charge >= 0.3 is 6.61 Å². The van der Waals surface area contributed by atoms with Gasteiger partial charge in [-0.2, -0.15) is 8.78 Å². The summed E-state index contributed by atoms with van der Waals surface area (Å²) >= 11 is 0. The average molecular weight is 334 g/mol. The second kappa shape index (κ2) is 8.01. The maximum absolute atomic E-state index is 12.2. The fraction of sp³-hybridized carbons (Fsp3) is 0.412. The van der Waals surface area contributed by atoms with Crippen molar-refractivity contribution in [3.8, 4) is 5.75 Å². The summed E-state index contributed by atoms with van der Waals surface area (Å²) in [6.45, 7) is 0.400. The predicted molar refractivity (Wildman–Crippen MR) is 87.1 cm³/mol. The first-order valence-corrected chi connectivity index (χ1v) is 8.01. The third kappa shape index (κ3) is 4.61. The van der Waals surface area contributed by atoms with Crippen LogP contribution in [-0.4, -0.2) is 29.7 Å². The third-order valence-corrected chi connectivity index (χ3v) is 3.86. The molecule has 0 spiro atoms. The fourth-order valence-electron chi connectivity index (χ4n) is 2.70. The summed E-state index contributed by atoms with van der Waals surface area (Å²) in [5.41, 5.74) is 1.86. The Kier molecular flexibility index (Phi) is 5.53. The summed E-state index contributed by atoms with van der Waals surface area (Å²) in [6.07, 6.45) is 6.04. The lowest BCUT2D eigenvalue weighted by Gasteiger charge is -2.14. The van der Waals surface area contributed by atoms with Gasteiger partial charge in [-0.1, -0.05) is 12.1 Å². The number of rotatable bonds is 7. The van der Waals surface area contributed by atoms with E-state index < -0.39 is 6.61 Å². The van der Waals surface area contributed by atoms with Crippen molar-refractivity contribution in [1.82, 2.24) is 15.3 Å². The molecule has 1 aromatic carbocycles. The summed E-state index contributed by atoms with van der Waals surface area (Å²) in [7, 11) is 0. The fourth-order valence-corrected chi connectivity index (χ4v) is 2.70. The van der Waals surface area contributed by atoms with Crippen molar-refractivity contribution in [1.29, 1.82) is 0 Å². The maximum atomic E-state index is 12.2. The molecule has 2 aromatic rings. The minimum Gasteiger partial charge on any atom is -0.435 e. The van der Waals surface area contributed by atoms with Crippen LogP contribution in [0, 0.1) is 0 Å². The van der Waals surface area contributed by atoms with E-state index >= 15 is 0 Å². The molecule has 0 atom stereocenters. The molecule has 128 valence electrons. The Balaban J connectivity index is 1.49. The molecule has 0 bridgehead atoms. The first-order chi connectivity index (χ1) is 11.7. The molecule has 1 aliphatic rings. The van der Waals surface area contributed by atoms with Gasteiger partial charge in [0.15, 0.2) is 0 Å². The molecular formula is C17H20F2N4O. The Hall–Kier alpha value is -2.28. The quantitative estimate of drug-likeness (QED) is 0.844. The number of aromatic nitrogens is 2. The number of alkyl halides is 2. The second-order valence-corrected chi connectivity index (χ2v) is 5.71. The first kappa shape index (κ1) is 16.6. The molecule has 2 heterocycles. The Morgan fingerprint density at radius 3 is 2.50 bits per heavy atom. The minimum absolute atomic E-state index is 0.169. The summed E-state index contributed by atoms with van der Waals surface area (Å²) < 4.78 is 28.8. The van der Waals surface area contributed by atoms with Crippen LogP contribution in [0.4, 0.5) is 14.7 Å². The third-order valence-electron chi connectivity index (χ3n) is 3.86. The second-order valence-electron chi connectivity index (χ2n) is 5.71. The van der Waals surface area contributed by atoms with E-state index in [2.05, 4.69) is 24.9 Å². The molecule has 5 nitrogen and oxygen atoms in total. The molecule has 1 aliphatic heterocycles. The van der Waals surface area contributed by atoms with Gasteiger partial charge in [-0.05, 0) is 30.5 Å². The number of nitrogens with one attached hydrogen (secondary N) is 1. The summed E-state index contributed by atoms with van der Waals surface area (Å²) in [6, 6.07) is 6.67. The monoisotopic (exact) mass is 334 g/mol. The highest BCUT2D eigenvalue weighted by molar-refractivity contribution is 5.31. The standard InChI is InChI=1S/C17H20F2N4O/c18-16(19)24-15-5-3-4-13(8-15)9-20-10-14-11-21-17(22-12-14)23-6-1-2-7-23/h3-5,8,11-12,16,20H,1-2,6-7,9-10H2. The Morgan fingerprint density at radius 2 is 1.79 bits per heavy atom. The van der Waals surface area contributed by atoms with Crippen molar-refractivity contribution in [3.63, 3.8) is 0 Å². The van der Waals surface area contributed by atoms with Crippen LogP contribution in [0.15, 0.2) is 36.7 Å². The Morgan fingerprint density at radius 1 is 1.08 bits per heavy atom. The lowest BCUT2D eigenvalue weighted by atomic mass is 10.2. The smallest absolute Gasteiger partial charge is 0.387 e. The zero-order valence-corrected chi connectivity index (χ0v) is 13.3. The summed E-state index contributed by atoms with van der Waals surface area (Å²) in [5, 5.41) is 3.25. The molecule has 1 fully saturated rings. The number of hydrogen-bond donors (Lipinski definition) is 1. The van der Waals surface area contributed by atoms with Gasteiger partial charge < -0.3 is 15.0 Å². The molecule has 0 radical (unpaired) electrons. The maximum Gasteiger partial charge on any atom is 0.387 e. The van der Waals surface area contributed by atoms with E-state index in [-0.39, 0.29) is 5.75 Å². The predicted octanol–water partition coefficient (Wildman–Crippen LogP) is 2.97. The van der Waals surface area contributed by atoms with E-state index in [1.807, 2.05) is 18.5 Å². The van der Waals surface area contributed by atoms with Crippen LogP contribution < -0.4 is 15.0 Å². The molecule has 0 saturated carbocycles. The van der Waals surface area contributed by atoms with Crippen LogP contribution in [0.2, 0.25) is 0 Å². The molecule has 0 aliphatic carbocycles. The average Bonchev–Trinajstić information content (AvgIpc) is 3.10. The highest BCUT2D eigenvalue weighted by atomic mass is 19.3. The van der Waals surface area contributed by atoms with Gasteiger partial charge in [0.2, 0.25) is 5.95 Å². The van der Waals surface area contributed by atoms with Crippen LogP contribution in [-0.2, 0) is 13.1 Å². The molecule has 0 unspecified atom stereocenters. The molecule has 1 saturated heterocycles. The van der Waals surface area contributed by atoms with Crippen molar-refractivity contribution in [2.24, 2.45) is 0 Å². The molecular weight excluding hydrogens is 314 g/mol. The summed E-state index contributed by atoms with van der Waals surface area (Å²) in [5.74, 6) is 0.954. The van der Waals surface area contributed by atoms with E-state index in [1.54, 1.807) is 12.1 Å². The normalized spacial score (nSPS) is 14.4. The topological polar surface area (TPSA) is 50.3 Å². The zero-order valence-electron chi connectivity index (χ0n) is 13.3.